The third kappa shape index (κ3) is 13.0. The van der Waals surface area contributed by atoms with Crippen LogP contribution < -0.4 is 4.74 Å². The van der Waals surface area contributed by atoms with Gasteiger partial charge in [0, 0.05) is 0 Å². The molecule has 0 aromatic heterocycles. The van der Waals surface area contributed by atoms with Gasteiger partial charge in [-0.15, -0.1) is 0 Å². The van der Waals surface area contributed by atoms with Crippen LogP contribution in [-0.4, -0.2) is 37.1 Å². The summed E-state index contributed by atoms with van der Waals surface area (Å²) in [5, 5.41) is 0. The minimum atomic E-state index is -10.7. The van der Waals surface area contributed by atoms with Crippen LogP contribution in [-0.2, 0) is 29.9 Å². The molecule has 0 saturated heterocycles. The first-order valence-corrected chi connectivity index (χ1v) is 14.2. The maximum absolute atomic E-state index is 10.7. The van der Waals surface area contributed by atoms with Crippen molar-refractivity contribution >= 4 is 19.6 Å². The molecule has 2 aromatic rings. The molecule has 2 heterocycles. The van der Waals surface area contributed by atoms with Crippen LogP contribution in [0.4, 0.5) is 25.2 Å². The topological polar surface area (TPSA) is 52.4 Å². The minimum absolute atomic E-state index is 0. The van der Waals surface area contributed by atoms with Crippen LogP contribution in [0.2, 0.25) is 0 Å². The quantitative estimate of drug-likeness (QED) is 0.173. The Kier molecular flexibility index (Phi) is 12.3. The zero-order valence-electron chi connectivity index (χ0n) is 22.5. The van der Waals surface area contributed by atoms with Gasteiger partial charge in [-0.25, -0.2) is 9.98 Å². The number of hydrogen-bond donors (Lipinski definition) is 0. The number of ether oxygens (including phenoxy) is 3. The zero-order valence-corrected chi connectivity index (χ0v) is 24.9. The number of hydrogen-bond acceptors (Lipinski definition) is 5. The molecule has 5 nitrogen and oxygen atoms in total. The number of aliphatic imine (C=N–C) groups is 2. The fourth-order valence-corrected chi connectivity index (χ4v) is 3.34. The van der Waals surface area contributed by atoms with Crippen molar-refractivity contribution in [3.63, 3.8) is 0 Å². The monoisotopic (exact) mass is 684 g/mol. The van der Waals surface area contributed by atoms with Gasteiger partial charge in [-0.2, -0.15) is 0 Å². The molecular formula is C27H33F6N2O3PPd+. The Morgan fingerprint density at radius 3 is 1.32 bits per heavy atom. The normalized spacial score (nSPS) is 19.8. The van der Waals surface area contributed by atoms with E-state index in [4.69, 9.17) is 24.2 Å². The molecule has 0 saturated carbocycles. The number of halogens is 6. The van der Waals surface area contributed by atoms with Gasteiger partial charge in [0.2, 0.25) is 11.8 Å². The van der Waals surface area contributed by atoms with E-state index in [-0.39, 0.29) is 32.5 Å². The van der Waals surface area contributed by atoms with Crippen LogP contribution in [0.3, 0.4) is 0 Å². The van der Waals surface area contributed by atoms with E-state index in [0.29, 0.717) is 48.3 Å². The van der Waals surface area contributed by atoms with Gasteiger partial charge in [0.05, 0.1) is 23.2 Å². The molecule has 2 atom stereocenters. The van der Waals surface area contributed by atoms with Crippen molar-refractivity contribution in [3.05, 3.63) is 79.9 Å². The first-order chi connectivity index (χ1) is 17.9. The molecule has 2 aliphatic heterocycles. The second-order valence-electron chi connectivity index (χ2n) is 9.45. The average Bonchev–Trinajstić information content (AvgIpc) is 3.49. The molecule has 0 fully saturated rings. The van der Waals surface area contributed by atoms with Gasteiger partial charge in [0.25, 0.3) is 0 Å². The Morgan fingerprint density at radius 2 is 1.05 bits per heavy atom. The Bertz CT molecular complexity index is 1090. The summed E-state index contributed by atoms with van der Waals surface area (Å²) in [5.74, 6) is 3.59. The molecule has 3 radical (unpaired) electrons. The molecule has 2 aromatic carbocycles. The summed E-state index contributed by atoms with van der Waals surface area (Å²) >= 11 is 0. The van der Waals surface area contributed by atoms with Crippen LogP contribution in [0.5, 0.6) is 11.5 Å². The minimum Gasteiger partial charge on any atom is -0.0499 e. The van der Waals surface area contributed by atoms with Gasteiger partial charge in [-0.05, 0) is 56.4 Å². The molecule has 0 amide bonds. The molecule has 2 aliphatic rings. The van der Waals surface area contributed by atoms with E-state index in [1.165, 1.54) is 6.42 Å². The summed E-state index contributed by atoms with van der Waals surface area (Å²) in [5.41, 5.74) is 1.72. The summed E-state index contributed by atoms with van der Waals surface area (Å²) in [6, 6.07) is 16.1. The van der Waals surface area contributed by atoms with Gasteiger partial charge in [-0.3, -0.25) is 0 Å². The maximum Gasteiger partial charge on any atom is 2.00 e. The van der Waals surface area contributed by atoms with Crippen molar-refractivity contribution < 1.29 is 59.8 Å². The molecule has 4 rings (SSSR count). The number of para-hydroxylation sites is 2. The smallest absolute Gasteiger partial charge is 0.0499 e. The van der Waals surface area contributed by atoms with Crippen LogP contribution in [0.1, 0.15) is 38.8 Å². The largest absolute Gasteiger partial charge is 2.00 e. The van der Waals surface area contributed by atoms with E-state index in [1.54, 1.807) is 0 Å². The van der Waals surface area contributed by atoms with E-state index in [1.807, 2.05) is 48.5 Å². The molecule has 13 heteroatoms. The van der Waals surface area contributed by atoms with Gasteiger partial charge in [-0.1, -0.05) is 52.0 Å². The van der Waals surface area contributed by atoms with Gasteiger partial charge in [0.1, 0.15) is 24.7 Å². The number of nitrogens with zero attached hydrogens (tertiary/aromatic N) is 2. The third-order valence-electron chi connectivity index (χ3n) is 5.34. The van der Waals surface area contributed by atoms with Crippen LogP contribution in [0, 0.1) is 32.1 Å². The molecule has 40 heavy (non-hydrogen) atoms. The van der Waals surface area contributed by atoms with Gasteiger partial charge < -0.3 is 14.2 Å². The van der Waals surface area contributed by atoms with Gasteiger partial charge in [0.15, 0.2) is 0 Å². The standard InChI is InChI=1S/C24H28N2O3.C3H5.F6P.Pd/c1-15(2)19-13-27-23(25-19)17-9-5-7-11-21(17)29-22-12-8-6-10-18(22)24-26-20(14-28-24)16(3)4;1-3-2;1-7(2,3,4,5)6;/h5-12,15-16,19-20H,13-14H2,1-4H3;3H,1-2H2;;/q;;-1;+2/t19-,20-;;;/m1.../s1. The summed E-state index contributed by atoms with van der Waals surface area (Å²) in [6.07, 6.45) is 1.50. The van der Waals surface area contributed by atoms with Crippen LogP contribution in [0.15, 0.2) is 58.5 Å². The molecule has 0 bridgehead atoms. The molecule has 225 valence electrons. The van der Waals surface area contributed by atoms with Crippen molar-refractivity contribution in [1.29, 1.82) is 0 Å². The third-order valence-corrected chi connectivity index (χ3v) is 5.34. The van der Waals surface area contributed by atoms with E-state index in [9.17, 15) is 25.2 Å². The SMILES string of the molecule is CC(C)[C@H]1COC(c2ccccc2Oc2ccccc2C2=N[C@@H](C(C)C)CO2)=N1.F[P-](F)(F)(F)(F)F.[CH2][CH][CH2].[Pd+2]. The predicted molar refractivity (Wildman–Crippen MR) is 144 cm³/mol. The van der Waals surface area contributed by atoms with Gasteiger partial charge >= 0.3 is 53.4 Å². The predicted octanol–water partition coefficient (Wildman–Crippen LogP) is 9.32. The zero-order chi connectivity index (χ0) is 29.5. The Hall–Kier alpha value is -2.15. The number of benzene rings is 2. The molecule has 0 aliphatic carbocycles. The summed E-state index contributed by atoms with van der Waals surface area (Å²) in [4.78, 5) is 9.51. The molecule has 0 unspecified atom stereocenters. The Labute approximate surface area is 245 Å². The average molecular weight is 685 g/mol. The maximum atomic E-state index is 9.87. The first kappa shape index (κ1) is 35.9. The van der Waals surface area contributed by atoms with Crippen molar-refractivity contribution in [2.45, 2.75) is 39.8 Å². The summed E-state index contributed by atoms with van der Waals surface area (Å²) in [6.45, 7) is 16.4. The van der Waals surface area contributed by atoms with E-state index < -0.39 is 7.81 Å². The molecular weight excluding hydrogens is 652 g/mol. The number of rotatable bonds is 6. The Balaban J connectivity index is 0.000000629. The second kappa shape index (κ2) is 13.7. The van der Waals surface area contributed by atoms with E-state index in [0.717, 1.165) is 11.1 Å². The first-order valence-electron chi connectivity index (χ1n) is 12.1. The van der Waals surface area contributed by atoms with Crippen molar-refractivity contribution in [3.8, 4) is 11.5 Å². The van der Waals surface area contributed by atoms with Crippen molar-refractivity contribution in [2.24, 2.45) is 21.8 Å². The fraction of sp³-hybridized carbons (Fsp3) is 0.370. The van der Waals surface area contributed by atoms with Crippen LogP contribution in [0.25, 0.3) is 0 Å². The van der Waals surface area contributed by atoms with Crippen molar-refractivity contribution in [2.75, 3.05) is 13.2 Å². The summed E-state index contributed by atoms with van der Waals surface area (Å²) in [7, 11) is -10.7. The van der Waals surface area contributed by atoms with E-state index in [2.05, 4.69) is 41.5 Å². The summed E-state index contributed by atoms with van der Waals surface area (Å²) < 4.78 is 77.3. The van der Waals surface area contributed by atoms with Crippen molar-refractivity contribution in [1.82, 2.24) is 0 Å². The van der Waals surface area contributed by atoms with Crippen LogP contribution >= 0.6 is 7.81 Å². The second-order valence-corrected chi connectivity index (χ2v) is 11.4. The molecule has 0 N–H and O–H groups in total. The Morgan fingerprint density at radius 1 is 0.750 bits per heavy atom. The molecule has 0 spiro atoms. The van der Waals surface area contributed by atoms with E-state index >= 15 is 0 Å². The fourth-order valence-electron chi connectivity index (χ4n) is 3.34.